The predicted molar refractivity (Wildman–Crippen MR) is 106 cm³/mol. The summed E-state index contributed by atoms with van der Waals surface area (Å²) in [6.07, 6.45) is 3.73. The van der Waals surface area contributed by atoms with Crippen LogP contribution in [0.2, 0.25) is 0 Å². The minimum absolute atomic E-state index is 0.617. The molecule has 26 heavy (non-hydrogen) atoms. The van der Waals surface area contributed by atoms with Crippen molar-refractivity contribution in [3.05, 3.63) is 53.6 Å². The van der Waals surface area contributed by atoms with E-state index in [1.165, 1.54) is 19.3 Å². The van der Waals surface area contributed by atoms with Crippen LogP contribution in [0.1, 0.15) is 30.4 Å². The fourth-order valence-electron chi connectivity index (χ4n) is 3.16. The number of nitrogens with zero attached hydrogens (tertiary/aromatic N) is 1. The zero-order valence-corrected chi connectivity index (χ0v) is 15.3. The van der Waals surface area contributed by atoms with Crippen molar-refractivity contribution in [2.45, 2.75) is 33.1 Å². The minimum Gasteiger partial charge on any atom is -0.372 e. The number of nitrogens with one attached hydrogen (secondary N) is 2. The van der Waals surface area contributed by atoms with E-state index in [9.17, 15) is 9.59 Å². The highest BCUT2D eigenvalue weighted by Crippen LogP contribution is 2.22. The van der Waals surface area contributed by atoms with E-state index in [4.69, 9.17) is 0 Å². The molecule has 5 nitrogen and oxygen atoms in total. The predicted octanol–water partition coefficient (Wildman–Crippen LogP) is 3.87. The van der Waals surface area contributed by atoms with Gasteiger partial charge in [-0.2, -0.15) is 0 Å². The molecule has 0 spiro atoms. The van der Waals surface area contributed by atoms with Gasteiger partial charge in [-0.25, -0.2) is 0 Å². The average Bonchev–Trinajstić information content (AvgIpc) is 2.66. The molecule has 136 valence electrons. The Labute approximate surface area is 154 Å². The molecule has 0 atom stereocenters. The first-order valence-corrected chi connectivity index (χ1v) is 9.08. The summed E-state index contributed by atoms with van der Waals surface area (Å²) in [4.78, 5) is 26.7. The van der Waals surface area contributed by atoms with E-state index in [-0.39, 0.29) is 0 Å². The fraction of sp³-hybridized carbons (Fsp3) is 0.333. The van der Waals surface area contributed by atoms with Crippen molar-refractivity contribution in [1.82, 2.24) is 0 Å². The lowest BCUT2D eigenvalue weighted by Gasteiger charge is -2.28. The molecular formula is C21H25N3O2. The number of amides is 2. The van der Waals surface area contributed by atoms with Gasteiger partial charge in [0.15, 0.2) is 0 Å². The van der Waals surface area contributed by atoms with Crippen LogP contribution in [-0.4, -0.2) is 24.9 Å². The van der Waals surface area contributed by atoms with Crippen molar-refractivity contribution < 1.29 is 9.59 Å². The molecular weight excluding hydrogens is 326 g/mol. The summed E-state index contributed by atoms with van der Waals surface area (Å²) < 4.78 is 0. The van der Waals surface area contributed by atoms with Gasteiger partial charge in [-0.1, -0.05) is 12.1 Å². The Hall–Kier alpha value is -2.82. The van der Waals surface area contributed by atoms with Gasteiger partial charge in [0, 0.05) is 30.2 Å². The molecule has 1 aliphatic heterocycles. The number of anilines is 3. The SMILES string of the molecule is Cc1cccc(NC(=O)C(=O)Nc2ccc(N3CCCCC3)cc2)c1C. The highest BCUT2D eigenvalue weighted by atomic mass is 16.2. The summed E-state index contributed by atoms with van der Waals surface area (Å²) in [5, 5.41) is 5.33. The van der Waals surface area contributed by atoms with Gasteiger partial charge in [0.05, 0.1) is 0 Å². The molecule has 0 unspecified atom stereocenters. The topological polar surface area (TPSA) is 61.4 Å². The number of carbonyl (C=O) groups is 2. The van der Waals surface area contributed by atoms with E-state index in [1.807, 2.05) is 50.2 Å². The van der Waals surface area contributed by atoms with Crippen LogP contribution < -0.4 is 15.5 Å². The number of piperidine rings is 1. The lowest BCUT2D eigenvalue weighted by Crippen LogP contribution is -2.30. The highest BCUT2D eigenvalue weighted by Gasteiger charge is 2.16. The number of hydrogen-bond acceptors (Lipinski definition) is 3. The van der Waals surface area contributed by atoms with Crippen LogP contribution in [-0.2, 0) is 9.59 Å². The van der Waals surface area contributed by atoms with Gasteiger partial charge >= 0.3 is 11.8 Å². The molecule has 0 bridgehead atoms. The maximum absolute atomic E-state index is 12.2. The normalized spacial score (nSPS) is 14.0. The molecule has 2 N–H and O–H groups in total. The second-order valence-electron chi connectivity index (χ2n) is 6.75. The molecule has 5 heteroatoms. The van der Waals surface area contributed by atoms with Crippen LogP contribution in [0.4, 0.5) is 17.1 Å². The summed E-state index contributed by atoms with van der Waals surface area (Å²) in [6.45, 7) is 6.03. The lowest BCUT2D eigenvalue weighted by atomic mass is 10.1. The summed E-state index contributed by atoms with van der Waals surface area (Å²) in [6, 6.07) is 13.3. The fourth-order valence-corrected chi connectivity index (χ4v) is 3.16. The molecule has 1 saturated heterocycles. The van der Waals surface area contributed by atoms with Gasteiger partial charge in [-0.3, -0.25) is 9.59 Å². The smallest absolute Gasteiger partial charge is 0.314 e. The first-order chi connectivity index (χ1) is 12.5. The maximum Gasteiger partial charge on any atom is 0.314 e. The molecule has 1 fully saturated rings. The minimum atomic E-state index is -0.670. The van der Waals surface area contributed by atoms with Crippen LogP contribution in [0.5, 0.6) is 0 Å². The van der Waals surface area contributed by atoms with Crippen LogP contribution in [0, 0.1) is 13.8 Å². The molecule has 3 rings (SSSR count). The van der Waals surface area contributed by atoms with E-state index >= 15 is 0 Å². The van der Waals surface area contributed by atoms with Gasteiger partial charge in [0.1, 0.15) is 0 Å². The Morgan fingerprint density at radius 3 is 2.19 bits per heavy atom. The third-order valence-corrected chi connectivity index (χ3v) is 4.91. The lowest BCUT2D eigenvalue weighted by molar-refractivity contribution is -0.133. The average molecular weight is 351 g/mol. The molecule has 0 aromatic heterocycles. The molecule has 2 amide bonds. The van der Waals surface area contributed by atoms with E-state index in [1.54, 1.807) is 6.07 Å². The first kappa shape index (κ1) is 18.0. The van der Waals surface area contributed by atoms with Crippen molar-refractivity contribution in [2.75, 3.05) is 28.6 Å². The Bertz CT molecular complexity index is 793. The molecule has 0 aliphatic carbocycles. The Balaban J connectivity index is 1.60. The third-order valence-electron chi connectivity index (χ3n) is 4.91. The first-order valence-electron chi connectivity index (χ1n) is 9.08. The van der Waals surface area contributed by atoms with E-state index in [2.05, 4.69) is 15.5 Å². The molecule has 0 saturated carbocycles. The number of rotatable bonds is 3. The summed E-state index contributed by atoms with van der Waals surface area (Å²) >= 11 is 0. The monoisotopic (exact) mass is 351 g/mol. The van der Waals surface area contributed by atoms with Crippen LogP contribution in [0.3, 0.4) is 0 Å². The van der Waals surface area contributed by atoms with E-state index < -0.39 is 11.8 Å². The summed E-state index contributed by atoms with van der Waals surface area (Å²) in [5.74, 6) is -1.34. The zero-order valence-electron chi connectivity index (χ0n) is 15.3. The van der Waals surface area contributed by atoms with Crippen LogP contribution in [0.15, 0.2) is 42.5 Å². The molecule has 1 aliphatic rings. The number of aryl methyl sites for hydroxylation is 1. The molecule has 1 heterocycles. The quantitative estimate of drug-likeness (QED) is 0.825. The second kappa shape index (κ2) is 8.04. The van der Waals surface area contributed by atoms with Gasteiger partial charge in [-0.15, -0.1) is 0 Å². The highest BCUT2D eigenvalue weighted by molar-refractivity contribution is 6.43. The molecule has 2 aromatic carbocycles. The van der Waals surface area contributed by atoms with Gasteiger partial charge < -0.3 is 15.5 Å². The maximum atomic E-state index is 12.2. The Morgan fingerprint density at radius 1 is 0.846 bits per heavy atom. The Kier molecular flexibility index (Phi) is 5.56. The number of carbonyl (C=O) groups excluding carboxylic acids is 2. The summed E-state index contributed by atoms with van der Waals surface area (Å²) in [7, 11) is 0. The van der Waals surface area contributed by atoms with Gasteiger partial charge in [-0.05, 0) is 74.6 Å². The molecule has 0 radical (unpaired) electrons. The van der Waals surface area contributed by atoms with Gasteiger partial charge in [0.2, 0.25) is 0 Å². The van der Waals surface area contributed by atoms with Gasteiger partial charge in [0.25, 0.3) is 0 Å². The van der Waals surface area contributed by atoms with Crippen molar-refractivity contribution in [1.29, 1.82) is 0 Å². The van der Waals surface area contributed by atoms with Crippen LogP contribution >= 0.6 is 0 Å². The van der Waals surface area contributed by atoms with Crippen molar-refractivity contribution in [2.24, 2.45) is 0 Å². The van der Waals surface area contributed by atoms with E-state index in [0.29, 0.717) is 11.4 Å². The van der Waals surface area contributed by atoms with Crippen molar-refractivity contribution in [3.8, 4) is 0 Å². The zero-order chi connectivity index (χ0) is 18.5. The number of hydrogen-bond donors (Lipinski definition) is 2. The van der Waals surface area contributed by atoms with Crippen LogP contribution in [0.25, 0.3) is 0 Å². The third kappa shape index (κ3) is 4.23. The Morgan fingerprint density at radius 2 is 1.50 bits per heavy atom. The number of benzene rings is 2. The molecule has 2 aromatic rings. The largest absolute Gasteiger partial charge is 0.372 e. The standard InChI is InChI=1S/C21H25N3O2/c1-15-7-6-8-19(16(15)2)23-21(26)20(25)22-17-9-11-18(12-10-17)24-13-4-3-5-14-24/h6-12H,3-5,13-14H2,1-2H3,(H,22,25)(H,23,26). The van der Waals surface area contributed by atoms with Crippen molar-refractivity contribution >= 4 is 28.9 Å². The van der Waals surface area contributed by atoms with Crippen molar-refractivity contribution in [3.63, 3.8) is 0 Å². The van der Waals surface area contributed by atoms with E-state index in [0.717, 1.165) is 29.9 Å². The second-order valence-corrected chi connectivity index (χ2v) is 6.75. The summed E-state index contributed by atoms with van der Waals surface area (Å²) in [5.41, 5.74) is 4.45.